The van der Waals surface area contributed by atoms with E-state index < -0.39 is 17.7 Å². The van der Waals surface area contributed by atoms with Crippen molar-refractivity contribution in [2.45, 2.75) is 26.3 Å². The third kappa shape index (κ3) is 3.99. The minimum atomic E-state index is -0.893. The van der Waals surface area contributed by atoms with Crippen LogP contribution in [0.15, 0.2) is 64.7 Å². The third-order valence-electron chi connectivity index (χ3n) is 5.09. The summed E-state index contributed by atoms with van der Waals surface area (Å²) in [6.07, 6.45) is 0.870. The summed E-state index contributed by atoms with van der Waals surface area (Å²) in [5.41, 5.74) is 0.945. The van der Waals surface area contributed by atoms with Crippen molar-refractivity contribution in [3.63, 3.8) is 0 Å². The molecule has 1 atom stereocenters. The maximum Gasteiger partial charge on any atom is 0.301 e. The predicted octanol–water partition coefficient (Wildman–Crippen LogP) is 5.05. The summed E-state index contributed by atoms with van der Waals surface area (Å²) in [4.78, 5) is 27.3. The first-order valence-corrected chi connectivity index (χ1v) is 10.5. The molecule has 32 heavy (non-hydrogen) atoms. The normalized spacial score (nSPS) is 17.7. The lowest BCUT2D eigenvalue weighted by atomic mass is 9.95. The number of anilines is 1. The molecule has 8 heteroatoms. The fourth-order valence-electron chi connectivity index (χ4n) is 3.58. The van der Waals surface area contributed by atoms with Gasteiger partial charge >= 0.3 is 5.91 Å². The molecule has 0 unspecified atom stereocenters. The number of benzene rings is 2. The highest BCUT2D eigenvalue weighted by atomic mass is 35.5. The van der Waals surface area contributed by atoms with Gasteiger partial charge in [0.1, 0.15) is 17.3 Å². The number of halogens is 1. The minimum absolute atomic E-state index is 0.0415. The number of hydrogen-bond donors (Lipinski definition) is 1. The van der Waals surface area contributed by atoms with E-state index in [2.05, 4.69) is 5.16 Å². The van der Waals surface area contributed by atoms with Gasteiger partial charge in [-0.15, -0.1) is 0 Å². The Hall–Kier alpha value is -3.58. The van der Waals surface area contributed by atoms with Gasteiger partial charge in [-0.25, -0.2) is 0 Å². The van der Waals surface area contributed by atoms with Gasteiger partial charge in [-0.2, -0.15) is 0 Å². The molecule has 1 aliphatic heterocycles. The van der Waals surface area contributed by atoms with Crippen LogP contribution in [0, 0.1) is 6.92 Å². The molecule has 2 heterocycles. The second-order valence-corrected chi connectivity index (χ2v) is 7.83. The second kappa shape index (κ2) is 8.88. The van der Waals surface area contributed by atoms with Crippen molar-refractivity contribution < 1.29 is 24.0 Å². The van der Waals surface area contributed by atoms with Gasteiger partial charge in [0.25, 0.3) is 5.78 Å². The zero-order valence-electron chi connectivity index (χ0n) is 17.5. The van der Waals surface area contributed by atoms with Gasteiger partial charge in [0, 0.05) is 16.7 Å². The van der Waals surface area contributed by atoms with Crippen molar-refractivity contribution in [1.29, 1.82) is 0 Å². The molecule has 0 saturated carbocycles. The number of aliphatic hydroxyl groups excluding tert-OH is 1. The van der Waals surface area contributed by atoms with Crippen molar-refractivity contribution in [2.75, 3.05) is 11.5 Å². The van der Waals surface area contributed by atoms with Crippen molar-refractivity contribution >= 4 is 34.9 Å². The van der Waals surface area contributed by atoms with E-state index in [9.17, 15) is 14.7 Å². The van der Waals surface area contributed by atoms with Crippen LogP contribution in [0.2, 0.25) is 5.02 Å². The number of aromatic nitrogens is 1. The van der Waals surface area contributed by atoms with Crippen LogP contribution in [-0.4, -0.2) is 28.6 Å². The Labute approximate surface area is 189 Å². The summed E-state index contributed by atoms with van der Waals surface area (Å²) < 4.78 is 10.8. The van der Waals surface area contributed by atoms with E-state index in [1.165, 1.54) is 4.90 Å². The Morgan fingerprint density at radius 3 is 2.44 bits per heavy atom. The topological polar surface area (TPSA) is 92.9 Å². The van der Waals surface area contributed by atoms with Crippen LogP contribution >= 0.6 is 11.6 Å². The fourth-order valence-corrected chi connectivity index (χ4v) is 3.71. The highest BCUT2D eigenvalue weighted by Crippen LogP contribution is 2.42. The number of Topliss-reactive ketones (excluding diaryl/α,β-unsaturated/α-hetero) is 1. The lowest BCUT2D eigenvalue weighted by molar-refractivity contribution is -0.132. The highest BCUT2D eigenvalue weighted by Gasteiger charge is 2.48. The molecule has 1 N–H and O–H groups in total. The number of hydrogen-bond acceptors (Lipinski definition) is 6. The van der Waals surface area contributed by atoms with Crippen molar-refractivity contribution in [1.82, 2.24) is 5.16 Å². The van der Waals surface area contributed by atoms with Crippen molar-refractivity contribution in [2.24, 2.45) is 0 Å². The monoisotopic (exact) mass is 452 g/mol. The number of nitrogens with zero attached hydrogens (tertiary/aromatic N) is 2. The lowest BCUT2D eigenvalue weighted by Crippen LogP contribution is -2.29. The Morgan fingerprint density at radius 1 is 1.16 bits per heavy atom. The van der Waals surface area contributed by atoms with Crippen LogP contribution in [0.1, 0.15) is 36.3 Å². The molecule has 7 nitrogen and oxygen atoms in total. The van der Waals surface area contributed by atoms with E-state index in [1.54, 1.807) is 61.5 Å². The van der Waals surface area contributed by atoms with Crippen LogP contribution in [0.4, 0.5) is 5.82 Å². The Morgan fingerprint density at radius 2 is 1.84 bits per heavy atom. The molecule has 4 rings (SSSR count). The Balaban J connectivity index is 1.85. The average molecular weight is 453 g/mol. The largest absolute Gasteiger partial charge is 0.507 e. The van der Waals surface area contributed by atoms with Gasteiger partial charge in [-0.3, -0.25) is 14.5 Å². The molecule has 0 spiro atoms. The molecule has 1 aliphatic rings. The van der Waals surface area contributed by atoms with Crippen LogP contribution in [0.25, 0.3) is 5.76 Å². The summed E-state index contributed by atoms with van der Waals surface area (Å²) in [6, 6.07) is 14.1. The summed E-state index contributed by atoms with van der Waals surface area (Å²) in [5, 5.41) is 15.5. The van der Waals surface area contributed by atoms with E-state index >= 15 is 0 Å². The number of amides is 1. The number of aryl methyl sites for hydroxylation is 1. The van der Waals surface area contributed by atoms with Crippen molar-refractivity contribution in [3.05, 3.63) is 82.1 Å². The minimum Gasteiger partial charge on any atom is -0.507 e. The Bertz CT molecular complexity index is 1180. The first-order chi connectivity index (χ1) is 15.4. The molecular formula is C24H21ClN2O5. The quantitative estimate of drug-likeness (QED) is 0.319. The van der Waals surface area contributed by atoms with E-state index in [0.29, 0.717) is 34.3 Å². The van der Waals surface area contributed by atoms with E-state index in [1.807, 2.05) is 6.92 Å². The van der Waals surface area contributed by atoms with Crippen molar-refractivity contribution in [3.8, 4) is 5.75 Å². The maximum atomic E-state index is 13.1. The van der Waals surface area contributed by atoms with Gasteiger partial charge < -0.3 is 14.4 Å². The molecule has 164 valence electrons. The van der Waals surface area contributed by atoms with Gasteiger partial charge in [0.15, 0.2) is 5.82 Å². The standard InChI is InChI=1S/C24H21ClN2O5/c1-3-12-31-18-10-6-15(7-11-18)21-20(22(28)16-4-8-17(25)9-5-16)23(29)24(30)27(21)19-13-14(2)32-26-19/h4-11,13,21,28H,3,12H2,1-2H3/b22-20+/t21-/m0/s1. The number of rotatable bonds is 6. The van der Waals surface area contributed by atoms with Gasteiger partial charge in [0.2, 0.25) is 0 Å². The molecule has 3 aromatic rings. The van der Waals surface area contributed by atoms with Gasteiger partial charge in [0.05, 0.1) is 18.2 Å². The van der Waals surface area contributed by atoms with Gasteiger partial charge in [-0.1, -0.05) is 35.8 Å². The average Bonchev–Trinajstić information content (AvgIpc) is 3.33. The first kappa shape index (κ1) is 21.6. The smallest absolute Gasteiger partial charge is 0.301 e. The summed E-state index contributed by atoms with van der Waals surface area (Å²) in [6.45, 7) is 4.28. The number of ketones is 1. The van der Waals surface area contributed by atoms with E-state index in [4.69, 9.17) is 20.9 Å². The number of carbonyl (C=O) groups is 2. The lowest BCUT2D eigenvalue weighted by Gasteiger charge is -2.23. The van der Waals surface area contributed by atoms with Crippen LogP contribution < -0.4 is 9.64 Å². The molecule has 0 radical (unpaired) electrons. The molecule has 1 saturated heterocycles. The molecule has 2 aromatic carbocycles. The summed E-state index contributed by atoms with van der Waals surface area (Å²) >= 11 is 5.95. The third-order valence-corrected chi connectivity index (χ3v) is 5.35. The summed E-state index contributed by atoms with van der Waals surface area (Å²) in [7, 11) is 0. The van der Waals surface area contributed by atoms with E-state index in [0.717, 1.165) is 6.42 Å². The number of ether oxygens (including phenoxy) is 1. The second-order valence-electron chi connectivity index (χ2n) is 7.39. The molecular weight excluding hydrogens is 432 g/mol. The van der Waals surface area contributed by atoms with Gasteiger partial charge in [-0.05, 0) is 55.3 Å². The highest BCUT2D eigenvalue weighted by molar-refractivity contribution is 6.51. The number of aliphatic hydroxyl groups is 1. The maximum absolute atomic E-state index is 13.1. The molecule has 0 bridgehead atoms. The zero-order chi connectivity index (χ0) is 22.8. The first-order valence-electron chi connectivity index (χ1n) is 10.1. The zero-order valence-corrected chi connectivity index (χ0v) is 18.3. The SMILES string of the molecule is CCCOc1ccc([C@H]2/C(=C(\O)c3ccc(Cl)cc3)C(=O)C(=O)N2c2cc(C)on2)cc1. The summed E-state index contributed by atoms with van der Waals surface area (Å²) in [5.74, 6) is -0.557. The fraction of sp³-hybridized carbons (Fsp3) is 0.208. The Kier molecular flexibility index (Phi) is 6.01. The van der Waals surface area contributed by atoms with Crippen LogP contribution in [0.5, 0.6) is 5.75 Å². The molecule has 1 aromatic heterocycles. The van der Waals surface area contributed by atoms with E-state index in [-0.39, 0.29) is 17.2 Å². The number of carbonyl (C=O) groups excluding carboxylic acids is 2. The predicted molar refractivity (Wildman–Crippen MR) is 120 cm³/mol. The van der Waals surface area contributed by atoms with Crippen LogP contribution in [0.3, 0.4) is 0 Å². The molecule has 1 fully saturated rings. The van der Waals surface area contributed by atoms with Crippen LogP contribution in [-0.2, 0) is 9.59 Å². The molecule has 1 amide bonds. The molecule has 0 aliphatic carbocycles.